The van der Waals surface area contributed by atoms with Gasteiger partial charge in [-0.15, -0.1) is 0 Å². The molecule has 29 heavy (non-hydrogen) atoms. The zero-order valence-corrected chi connectivity index (χ0v) is 17.0. The van der Waals surface area contributed by atoms with Crippen molar-refractivity contribution < 1.29 is 14.0 Å². The van der Waals surface area contributed by atoms with Gasteiger partial charge in [0.2, 0.25) is 11.8 Å². The van der Waals surface area contributed by atoms with E-state index < -0.39 is 5.41 Å². The Balaban J connectivity index is 1.51. The van der Waals surface area contributed by atoms with E-state index in [2.05, 4.69) is 15.5 Å². The van der Waals surface area contributed by atoms with Gasteiger partial charge >= 0.3 is 0 Å². The van der Waals surface area contributed by atoms with Crippen LogP contribution >= 0.6 is 0 Å². The second-order valence-corrected chi connectivity index (χ2v) is 7.95. The SMILES string of the molecule is CC(C)(C(=O)NCCc1ccc(F)cc1)C(=O)Nc1ccc(N2CCCC2)cc1. The summed E-state index contributed by atoms with van der Waals surface area (Å²) in [5.74, 6) is -0.986. The van der Waals surface area contributed by atoms with E-state index in [-0.39, 0.29) is 17.6 Å². The molecule has 2 amide bonds. The van der Waals surface area contributed by atoms with Gasteiger partial charge in [-0.05, 0) is 75.1 Å². The van der Waals surface area contributed by atoms with Gasteiger partial charge in [0.05, 0.1) is 0 Å². The topological polar surface area (TPSA) is 61.4 Å². The van der Waals surface area contributed by atoms with Crippen LogP contribution in [0.15, 0.2) is 48.5 Å². The summed E-state index contributed by atoms with van der Waals surface area (Å²) in [5, 5.41) is 5.63. The van der Waals surface area contributed by atoms with E-state index in [4.69, 9.17) is 0 Å². The number of rotatable bonds is 7. The molecule has 5 nitrogen and oxygen atoms in total. The van der Waals surface area contributed by atoms with Crippen molar-refractivity contribution >= 4 is 23.2 Å². The van der Waals surface area contributed by atoms with E-state index in [0.29, 0.717) is 18.7 Å². The average Bonchev–Trinajstić information content (AvgIpc) is 3.24. The van der Waals surface area contributed by atoms with Gasteiger partial charge in [-0.25, -0.2) is 4.39 Å². The summed E-state index contributed by atoms with van der Waals surface area (Å²) in [6, 6.07) is 13.9. The molecule has 0 aliphatic carbocycles. The van der Waals surface area contributed by atoms with Crippen LogP contribution in [-0.2, 0) is 16.0 Å². The van der Waals surface area contributed by atoms with Gasteiger partial charge in [0, 0.05) is 31.0 Å². The number of amides is 2. The number of carbonyl (C=O) groups excluding carboxylic acids is 2. The highest BCUT2D eigenvalue weighted by atomic mass is 19.1. The van der Waals surface area contributed by atoms with Gasteiger partial charge in [-0.2, -0.15) is 0 Å². The van der Waals surface area contributed by atoms with E-state index in [0.717, 1.165) is 24.3 Å². The van der Waals surface area contributed by atoms with Crippen molar-refractivity contribution in [2.75, 3.05) is 29.9 Å². The predicted molar refractivity (Wildman–Crippen MR) is 113 cm³/mol. The molecular formula is C23H28FN3O2. The Morgan fingerprint density at radius 2 is 1.59 bits per heavy atom. The highest BCUT2D eigenvalue weighted by Gasteiger charge is 2.35. The Hall–Kier alpha value is -2.89. The number of hydrogen-bond donors (Lipinski definition) is 2. The third-order valence-electron chi connectivity index (χ3n) is 5.34. The molecule has 0 spiro atoms. The normalized spacial score (nSPS) is 14.0. The maximum absolute atomic E-state index is 12.9. The van der Waals surface area contributed by atoms with Crippen LogP contribution in [-0.4, -0.2) is 31.4 Å². The lowest BCUT2D eigenvalue weighted by Crippen LogP contribution is -2.45. The van der Waals surface area contributed by atoms with Crippen molar-refractivity contribution in [2.45, 2.75) is 33.1 Å². The standard InChI is InChI=1S/C23H28FN3O2/c1-23(2,21(28)25-14-13-17-5-7-18(24)8-6-17)22(29)26-19-9-11-20(12-10-19)27-15-3-4-16-27/h5-12H,3-4,13-16H2,1-2H3,(H,25,28)(H,26,29). The fourth-order valence-electron chi connectivity index (χ4n) is 3.31. The Bertz CT molecular complexity index is 841. The van der Waals surface area contributed by atoms with Crippen LogP contribution in [0, 0.1) is 11.2 Å². The molecule has 0 radical (unpaired) electrons. The molecule has 2 aromatic carbocycles. The Kier molecular flexibility index (Phi) is 6.52. The summed E-state index contributed by atoms with van der Waals surface area (Å²) in [6.07, 6.45) is 2.99. The second kappa shape index (κ2) is 9.07. The molecule has 0 bridgehead atoms. The van der Waals surface area contributed by atoms with E-state index in [1.54, 1.807) is 26.0 Å². The first-order valence-corrected chi connectivity index (χ1v) is 10.1. The monoisotopic (exact) mass is 397 g/mol. The third kappa shape index (κ3) is 5.34. The van der Waals surface area contributed by atoms with Crippen LogP contribution in [0.5, 0.6) is 0 Å². The van der Waals surface area contributed by atoms with Gasteiger partial charge in [-0.1, -0.05) is 12.1 Å². The van der Waals surface area contributed by atoms with Gasteiger partial charge in [-0.3, -0.25) is 9.59 Å². The van der Waals surface area contributed by atoms with Crippen LogP contribution in [0.1, 0.15) is 32.3 Å². The zero-order valence-electron chi connectivity index (χ0n) is 17.0. The molecule has 0 unspecified atom stereocenters. The number of nitrogens with zero attached hydrogens (tertiary/aromatic N) is 1. The minimum Gasteiger partial charge on any atom is -0.372 e. The number of benzene rings is 2. The van der Waals surface area contributed by atoms with Crippen molar-refractivity contribution in [3.8, 4) is 0 Å². The lowest BCUT2D eigenvalue weighted by atomic mass is 9.90. The number of anilines is 2. The van der Waals surface area contributed by atoms with Crippen molar-refractivity contribution in [1.29, 1.82) is 0 Å². The van der Waals surface area contributed by atoms with Crippen LogP contribution < -0.4 is 15.5 Å². The van der Waals surface area contributed by atoms with Crippen LogP contribution in [0.2, 0.25) is 0 Å². The fraction of sp³-hybridized carbons (Fsp3) is 0.391. The summed E-state index contributed by atoms with van der Waals surface area (Å²) in [6.45, 7) is 5.72. The molecule has 1 saturated heterocycles. The summed E-state index contributed by atoms with van der Waals surface area (Å²) < 4.78 is 12.9. The van der Waals surface area contributed by atoms with Gasteiger partial charge in [0.15, 0.2) is 0 Å². The zero-order chi connectivity index (χ0) is 20.9. The highest BCUT2D eigenvalue weighted by molar-refractivity contribution is 6.09. The Labute approximate surface area is 171 Å². The van der Waals surface area contributed by atoms with Crippen LogP contribution in [0.3, 0.4) is 0 Å². The molecular weight excluding hydrogens is 369 g/mol. The van der Waals surface area contributed by atoms with Gasteiger partial charge in [0.25, 0.3) is 0 Å². The average molecular weight is 397 g/mol. The van der Waals surface area contributed by atoms with Crippen LogP contribution in [0.25, 0.3) is 0 Å². The Morgan fingerprint density at radius 3 is 2.21 bits per heavy atom. The quantitative estimate of drug-likeness (QED) is 0.700. The molecule has 1 fully saturated rings. The maximum Gasteiger partial charge on any atom is 0.239 e. The fourth-order valence-corrected chi connectivity index (χ4v) is 3.31. The first-order valence-electron chi connectivity index (χ1n) is 10.1. The van der Waals surface area contributed by atoms with E-state index in [1.165, 1.54) is 25.0 Å². The Morgan fingerprint density at radius 1 is 0.966 bits per heavy atom. The molecule has 2 aromatic rings. The first kappa shape index (κ1) is 20.8. The first-order chi connectivity index (χ1) is 13.9. The minimum absolute atomic E-state index is 0.288. The van der Waals surface area contributed by atoms with Crippen molar-refractivity contribution in [1.82, 2.24) is 5.32 Å². The molecule has 0 aromatic heterocycles. The molecule has 1 aliphatic heterocycles. The van der Waals surface area contributed by atoms with Gasteiger partial charge in [0.1, 0.15) is 11.2 Å². The largest absolute Gasteiger partial charge is 0.372 e. The minimum atomic E-state index is -1.21. The number of hydrogen-bond acceptors (Lipinski definition) is 3. The number of carbonyl (C=O) groups is 2. The van der Waals surface area contributed by atoms with Crippen molar-refractivity contribution in [3.63, 3.8) is 0 Å². The smallest absolute Gasteiger partial charge is 0.239 e. The summed E-state index contributed by atoms with van der Waals surface area (Å²) in [5.41, 5.74) is 1.53. The maximum atomic E-state index is 12.9. The molecule has 0 atom stereocenters. The third-order valence-corrected chi connectivity index (χ3v) is 5.34. The molecule has 3 rings (SSSR count). The lowest BCUT2D eigenvalue weighted by Gasteiger charge is -2.23. The van der Waals surface area contributed by atoms with E-state index >= 15 is 0 Å². The van der Waals surface area contributed by atoms with E-state index in [9.17, 15) is 14.0 Å². The van der Waals surface area contributed by atoms with E-state index in [1.807, 2.05) is 24.3 Å². The molecule has 154 valence electrons. The summed E-state index contributed by atoms with van der Waals surface area (Å²) >= 11 is 0. The lowest BCUT2D eigenvalue weighted by molar-refractivity contribution is -0.138. The molecule has 2 N–H and O–H groups in total. The number of halogens is 1. The van der Waals surface area contributed by atoms with Gasteiger partial charge < -0.3 is 15.5 Å². The predicted octanol–water partition coefficient (Wildman–Crippen LogP) is 3.75. The molecule has 6 heteroatoms. The molecule has 1 aliphatic rings. The molecule has 1 heterocycles. The summed E-state index contributed by atoms with van der Waals surface area (Å²) in [7, 11) is 0. The summed E-state index contributed by atoms with van der Waals surface area (Å²) in [4.78, 5) is 27.5. The highest BCUT2D eigenvalue weighted by Crippen LogP contribution is 2.24. The van der Waals surface area contributed by atoms with Crippen molar-refractivity contribution in [2.24, 2.45) is 5.41 Å². The number of nitrogens with one attached hydrogen (secondary N) is 2. The van der Waals surface area contributed by atoms with Crippen LogP contribution in [0.4, 0.5) is 15.8 Å². The second-order valence-electron chi connectivity index (χ2n) is 7.95. The van der Waals surface area contributed by atoms with Crippen molar-refractivity contribution in [3.05, 3.63) is 59.9 Å². The molecule has 0 saturated carbocycles.